The molecule has 3 nitrogen and oxygen atoms in total. The number of fused-ring (bicyclic) bond motifs is 1. The van der Waals surface area contributed by atoms with E-state index >= 15 is 0 Å². The number of hydrogen-bond acceptors (Lipinski definition) is 3. The molecule has 4 aromatic rings. The summed E-state index contributed by atoms with van der Waals surface area (Å²) < 4.78 is 0. The molecule has 0 saturated heterocycles. The van der Waals surface area contributed by atoms with E-state index in [1.165, 1.54) is 22.3 Å². The molecule has 2 N–H and O–H groups in total. The first-order valence-corrected chi connectivity index (χ1v) is 10.4. The van der Waals surface area contributed by atoms with Crippen LogP contribution in [0.5, 0.6) is 0 Å². The Hall–Kier alpha value is -3.46. The second-order valence-electron chi connectivity index (χ2n) is 8.24. The van der Waals surface area contributed by atoms with Gasteiger partial charge in [-0.25, -0.2) is 4.98 Å². The van der Waals surface area contributed by atoms with Gasteiger partial charge in [-0.05, 0) is 71.3 Å². The van der Waals surface area contributed by atoms with Gasteiger partial charge in [0.15, 0.2) is 0 Å². The van der Waals surface area contributed by atoms with Crippen molar-refractivity contribution in [2.75, 3.05) is 5.73 Å². The maximum atomic E-state index is 6.24. The fraction of sp³-hybridized carbons (Fsp3) is 0.185. The van der Waals surface area contributed by atoms with Crippen LogP contribution in [0.25, 0.3) is 34.2 Å². The zero-order valence-corrected chi connectivity index (χ0v) is 17.8. The number of nitrogens with two attached hydrogens (primary N) is 1. The summed E-state index contributed by atoms with van der Waals surface area (Å²) in [6.07, 6.45) is 8.92. The predicted molar refractivity (Wildman–Crippen MR) is 128 cm³/mol. The van der Waals surface area contributed by atoms with Crippen LogP contribution >= 0.6 is 0 Å². The van der Waals surface area contributed by atoms with E-state index in [1.54, 1.807) is 0 Å². The summed E-state index contributed by atoms with van der Waals surface area (Å²) in [5, 5.41) is 1.08. The van der Waals surface area contributed by atoms with E-state index in [0.717, 1.165) is 28.5 Å². The van der Waals surface area contributed by atoms with Crippen molar-refractivity contribution in [3.05, 3.63) is 89.2 Å². The minimum Gasteiger partial charge on any atom is -0.383 e. The Morgan fingerprint density at radius 3 is 2.60 bits per heavy atom. The molecule has 3 heteroatoms. The third-order valence-electron chi connectivity index (χ3n) is 5.25. The molecule has 0 aliphatic heterocycles. The van der Waals surface area contributed by atoms with Gasteiger partial charge in [0, 0.05) is 23.3 Å². The van der Waals surface area contributed by atoms with Gasteiger partial charge >= 0.3 is 0 Å². The highest BCUT2D eigenvalue weighted by molar-refractivity contribution is 5.90. The summed E-state index contributed by atoms with van der Waals surface area (Å²) in [6.45, 7) is 6.57. The highest BCUT2D eigenvalue weighted by Crippen LogP contribution is 2.28. The Morgan fingerprint density at radius 1 is 0.967 bits per heavy atom. The molecule has 0 aliphatic carbocycles. The molecule has 0 saturated carbocycles. The van der Waals surface area contributed by atoms with Crippen LogP contribution in [0.4, 0.5) is 5.82 Å². The van der Waals surface area contributed by atoms with E-state index in [2.05, 4.69) is 85.3 Å². The fourth-order valence-corrected chi connectivity index (χ4v) is 3.77. The Labute approximate surface area is 178 Å². The molecule has 0 spiro atoms. The normalized spacial score (nSPS) is 11.6. The van der Waals surface area contributed by atoms with Gasteiger partial charge in [-0.3, -0.25) is 4.98 Å². The number of aryl methyl sites for hydroxylation is 1. The molecule has 0 bridgehead atoms. The van der Waals surface area contributed by atoms with Crippen molar-refractivity contribution in [3.63, 3.8) is 0 Å². The lowest BCUT2D eigenvalue weighted by Crippen LogP contribution is -1.96. The summed E-state index contributed by atoms with van der Waals surface area (Å²) in [4.78, 5) is 8.99. The van der Waals surface area contributed by atoms with Gasteiger partial charge in [0.25, 0.3) is 0 Å². The number of benzene rings is 2. The highest BCUT2D eigenvalue weighted by Gasteiger charge is 2.06. The Kier molecular flexibility index (Phi) is 5.62. The predicted octanol–water partition coefficient (Wildman–Crippen LogP) is 6.56. The summed E-state index contributed by atoms with van der Waals surface area (Å²) in [7, 11) is 0. The average Bonchev–Trinajstić information content (AvgIpc) is 2.72. The molecule has 2 heterocycles. The largest absolute Gasteiger partial charge is 0.383 e. The molecule has 0 fully saturated rings. The molecule has 2 aromatic heterocycles. The van der Waals surface area contributed by atoms with Crippen LogP contribution in [-0.2, 0) is 6.42 Å². The maximum Gasteiger partial charge on any atom is 0.131 e. The molecule has 0 amide bonds. The second-order valence-corrected chi connectivity index (χ2v) is 8.24. The number of anilines is 1. The Balaban J connectivity index is 1.68. The van der Waals surface area contributed by atoms with Crippen molar-refractivity contribution in [3.8, 4) is 11.1 Å². The lowest BCUT2D eigenvalue weighted by molar-refractivity contribution is 0.645. The summed E-state index contributed by atoms with van der Waals surface area (Å²) in [5.74, 6) is 1.14. The lowest BCUT2D eigenvalue weighted by Gasteiger charge is -2.09. The van der Waals surface area contributed by atoms with Gasteiger partial charge in [-0.2, -0.15) is 0 Å². The first kappa shape index (κ1) is 19.8. The highest BCUT2D eigenvalue weighted by atomic mass is 14.8. The lowest BCUT2D eigenvalue weighted by atomic mass is 9.98. The molecular weight excluding hydrogens is 366 g/mol. The topological polar surface area (TPSA) is 51.8 Å². The molecule has 2 aromatic carbocycles. The van der Waals surface area contributed by atoms with Crippen LogP contribution in [0, 0.1) is 12.8 Å². The SMILES string of the molecule is Cc1ccccc1-c1ccc2nc(N)c(/C=C/c3cncc(CC(C)C)c3)cc2c1. The van der Waals surface area contributed by atoms with Crippen molar-refractivity contribution in [2.45, 2.75) is 27.2 Å². The second kappa shape index (κ2) is 8.50. The summed E-state index contributed by atoms with van der Waals surface area (Å²) in [6, 6.07) is 19.1. The zero-order valence-electron chi connectivity index (χ0n) is 17.8. The van der Waals surface area contributed by atoms with E-state index in [0.29, 0.717) is 11.7 Å². The van der Waals surface area contributed by atoms with Crippen LogP contribution in [0.1, 0.15) is 36.1 Å². The third kappa shape index (κ3) is 4.41. The first-order chi connectivity index (χ1) is 14.5. The van der Waals surface area contributed by atoms with Crippen LogP contribution in [0.15, 0.2) is 67.0 Å². The standard InChI is InChI=1S/C27H27N3/c1-18(2)12-21-13-20(16-29-17-21)8-9-23-15-24-14-22(10-11-26(24)30-27(23)28)25-7-5-4-6-19(25)3/h4-11,13-18H,12H2,1-3H3,(H2,28,30)/b9-8+. The van der Waals surface area contributed by atoms with Crippen LogP contribution < -0.4 is 5.73 Å². The van der Waals surface area contributed by atoms with Crippen molar-refractivity contribution < 1.29 is 0 Å². The van der Waals surface area contributed by atoms with Crippen molar-refractivity contribution in [1.29, 1.82) is 0 Å². The molecule has 0 radical (unpaired) electrons. The maximum absolute atomic E-state index is 6.24. The van der Waals surface area contributed by atoms with Gasteiger partial charge in [0.1, 0.15) is 5.82 Å². The smallest absolute Gasteiger partial charge is 0.131 e. The van der Waals surface area contributed by atoms with Crippen LogP contribution in [0.3, 0.4) is 0 Å². The zero-order chi connectivity index (χ0) is 21.1. The van der Waals surface area contributed by atoms with Gasteiger partial charge in [-0.1, -0.05) is 56.3 Å². The molecule has 150 valence electrons. The van der Waals surface area contributed by atoms with E-state index in [9.17, 15) is 0 Å². The van der Waals surface area contributed by atoms with E-state index in [-0.39, 0.29) is 0 Å². The van der Waals surface area contributed by atoms with E-state index < -0.39 is 0 Å². The van der Waals surface area contributed by atoms with Crippen molar-refractivity contribution >= 4 is 28.9 Å². The molecule has 4 rings (SSSR count). The number of aromatic nitrogens is 2. The third-order valence-corrected chi connectivity index (χ3v) is 5.25. The fourth-order valence-electron chi connectivity index (χ4n) is 3.77. The number of rotatable bonds is 5. The van der Waals surface area contributed by atoms with E-state index in [4.69, 9.17) is 5.73 Å². The minimum absolute atomic E-state index is 0.536. The quantitative estimate of drug-likeness (QED) is 0.418. The Bertz CT molecular complexity index is 1220. The molecule has 0 aliphatic rings. The summed E-state index contributed by atoms with van der Waals surface area (Å²) >= 11 is 0. The molecule has 0 atom stereocenters. The van der Waals surface area contributed by atoms with Gasteiger partial charge in [0.05, 0.1) is 5.52 Å². The van der Waals surface area contributed by atoms with Crippen LogP contribution in [0.2, 0.25) is 0 Å². The molecule has 30 heavy (non-hydrogen) atoms. The average molecular weight is 394 g/mol. The number of pyridine rings is 2. The van der Waals surface area contributed by atoms with Crippen LogP contribution in [-0.4, -0.2) is 9.97 Å². The van der Waals surface area contributed by atoms with E-state index in [1.807, 2.05) is 24.5 Å². The minimum atomic E-state index is 0.536. The van der Waals surface area contributed by atoms with Crippen molar-refractivity contribution in [1.82, 2.24) is 9.97 Å². The van der Waals surface area contributed by atoms with Gasteiger partial charge in [0.2, 0.25) is 0 Å². The van der Waals surface area contributed by atoms with Gasteiger partial charge in [-0.15, -0.1) is 0 Å². The number of nitrogen functional groups attached to an aromatic ring is 1. The molecular formula is C27H27N3. The summed E-state index contributed by atoms with van der Waals surface area (Å²) in [5.41, 5.74) is 14.1. The monoisotopic (exact) mass is 393 g/mol. The number of nitrogens with zero attached hydrogens (tertiary/aromatic N) is 2. The first-order valence-electron chi connectivity index (χ1n) is 10.4. The Morgan fingerprint density at radius 2 is 1.80 bits per heavy atom. The number of hydrogen-bond donors (Lipinski definition) is 1. The van der Waals surface area contributed by atoms with Gasteiger partial charge < -0.3 is 5.73 Å². The molecule has 0 unspecified atom stereocenters. The van der Waals surface area contributed by atoms with Crippen molar-refractivity contribution in [2.24, 2.45) is 5.92 Å².